The molecule has 1 heteroatoms. The van der Waals surface area contributed by atoms with Gasteiger partial charge in [-0.2, -0.15) is 0 Å². The van der Waals surface area contributed by atoms with Gasteiger partial charge in [0.05, 0.1) is 6.67 Å². The monoisotopic (exact) mass is 444 g/mol. The molecule has 0 saturated carbocycles. The van der Waals surface area contributed by atoms with Crippen LogP contribution < -0.4 is 10.4 Å². The van der Waals surface area contributed by atoms with E-state index in [-0.39, 0.29) is 18.5 Å². The van der Waals surface area contributed by atoms with Gasteiger partial charge in [-0.15, -0.1) is 0 Å². The van der Waals surface area contributed by atoms with Crippen LogP contribution in [0.25, 0.3) is 11.6 Å². The molecule has 0 spiro atoms. The Morgan fingerprint density at radius 3 is 2.29 bits per heavy atom. The van der Waals surface area contributed by atoms with E-state index in [2.05, 4.69) is 104 Å². The zero-order valence-corrected chi connectivity index (χ0v) is 19.6. The number of hydrogen-bond acceptors (Lipinski definition) is 0. The molecule has 2 aliphatic rings. The minimum absolute atomic E-state index is 0.220. The SMILES string of the molecule is Cc1ccc(C2=c3ccc4c(c3CCC2CCF)C(c2ccccc2)C=c2ccccc2=4)cc1. The lowest BCUT2D eigenvalue weighted by Gasteiger charge is -2.30. The number of hydrogen-bond donors (Lipinski definition) is 0. The molecule has 0 nitrogen and oxygen atoms in total. The number of benzene rings is 4. The van der Waals surface area contributed by atoms with Crippen molar-refractivity contribution < 1.29 is 4.39 Å². The van der Waals surface area contributed by atoms with E-state index in [4.69, 9.17) is 0 Å². The molecule has 34 heavy (non-hydrogen) atoms. The first kappa shape index (κ1) is 21.1. The molecule has 4 aromatic rings. The van der Waals surface area contributed by atoms with Gasteiger partial charge in [0, 0.05) is 5.92 Å². The van der Waals surface area contributed by atoms with Crippen LogP contribution >= 0.6 is 0 Å². The number of aryl methyl sites for hydroxylation is 1. The third kappa shape index (κ3) is 3.51. The van der Waals surface area contributed by atoms with E-state index in [1.54, 1.807) is 0 Å². The average Bonchev–Trinajstić information content (AvgIpc) is 2.89. The molecule has 2 unspecified atom stereocenters. The Hall–Kier alpha value is -3.45. The van der Waals surface area contributed by atoms with E-state index in [9.17, 15) is 4.39 Å². The van der Waals surface area contributed by atoms with Gasteiger partial charge in [-0.1, -0.05) is 103 Å². The van der Waals surface area contributed by atoms with Crippen LogP contribution in [0, 0.1) is 23.3 Å². The molecule has 0 aliphatic heterocycles. The molecule has 0 heterocycles. The molecule has 2 aliphatic carbocycles. The largest absolute Gasteiger partial charge is 0.251 e. The Kier molecular flexibility index (Phi) is 5.41. The molecule has 2 atom stereocenters. The molecule has 0 N–H and O–H groups in total. The summed E-state index contributed by atoms with van der Waals surface area (Å²) in [4.78, 5) is 0. The number of fused-ring (bicyclic) bond motifs is 4. The van der Waals surface area contributed by atoms with Crippen molar-refractivity contribution in [2.45, 2.75) is 32.1 Å². The molecule has 0 saturated heterocycles. The highest BCUT2D eigenvalue weighted by atomic mass is 19.1. The highest BCUT2D eigenvalue weighted by Crippen LogP contribution is 2.37. The molecule has 0 amide bonds. The minimum Gasteiger partial charge on any atom is -0.251 e. The van der Waals surface area contributed by atoms with Gasteiger partial charge in [0.15, 0.2) is 0 Å². The molecule has 0 aromatic heterocycles. The van der Waals surface area contributed by atoms with Crippen LogP contribution in [-0.2, 0) is 6.42 Å². The predicted molar refractivity (Wildman–Crippen MR) is 139 cm³/mol. The molecule has 0 fully saturated rings. The maximum atomic E-state index is 13.6. The zero-order chi connectivity index (χ0) is 23.1. The number of rotatable bonds is 4. The average molecular weight is 445 g/mol. The molecule has 0 bridgehead atoms. The van der Waals surface area contributed by atoms with Gasteiger partial charge in [-0.3, -0.25) is 4.39 Å². The fourth-order valence-corrected chi connectivity index (χ4v) is 6.08. The van der Waals surface area contributed by atoms with E-state index >= 15 is 0 Å². The number of alkyl halides is 1. The second kappa shape index (κ2) is 8.72. The van der Waals surface area contributed by atoms with Crippen molar-refractivity contribution in [2.24, 2.45) is 5.92 Å². The first-order chi connectivity index (χ1) is 16.7. The summed E-state index contributed by atoms with van der Waals surface area (Å²) < 4.78 is 13.6. The Labute approximate surface area is 200 Å². The van der Waals surface area contributed by atoms with Crippen LogP contribution in [0.3, 0.4) is 0 Å². The van der Waals surface area contributed by atoms with Crippen LogP contribution in [0.4, 0.5) is 4.39 Å². The Balaban J connectivity index is 1.73. The van der Waals surface area contributed by atoms with Gasteiger partial charge in [-0.05, 0) is 80.8 Å². The lowest BCUT2D eigenvalue weighted by molar-refractivity contribution is 0.414. The smallest absolute Gasteiger partial charge is 0.0900 e. The maximum Gasteiger partial charge on any atom is 0.0900 e. The van der Waals surface area contributed by atoms with E-state index in [0.29, 0.717) is 6.42 Å². The van der Waals surface area contributed by atoms with Crippen LogP contribution in [-0.4, -0.2) is 6.67 Å². The normalized spacial score (nSPS) is 18.5. The molecule has 0 radical (unpaired) electrons. The molecule has 4 aromatic carbocycles. The first-order valence-corrected chi connectivity index (χ1v) is 12.4. The van der Waals surface area contributed by atoms with Crippen molar-refractivity contribution in [3.05, 3.63) is 140 Å². The minimum atomic E-state index is -0.270. The van der Waals surface area contributed by atoms with Gasteiger partial charge in [0.25, 0.3) is 0 Å². The van der Waals surface area contributed by atoms with Crippen LogP contribution in [0.2, 0.25) is 0 Å². The summed E-state index contributed by atoms with van der Waals surface area (Å²) in [6.45, 7) is 1.85. The van der Waals surface area contributed by atoms with Crippen LogP contribution in [0.1, 0.15) is 46.6 Å². The highest BCUT2D eigenvalue weighted by molar-refractivity contribution is 5.71. The second-order valence-electron chi connectivity index (χ2n) is 9.69. The zero-order valence-electron chi connectivity index (χ0n) is 19.6. The highest BCUT2D eigenvalue weighted by Gasteiger charge is 2.27. The van der Waals surface area contributed by atoms with Gasteiger partial charge in [0.2, 0.25) is 0 Å². The molecular weight excluding hydrogens is 415 g/mol. The Bertz CT molecular complexity index is 1560. The standard InChI is InChI=1S/C33H29F/c1-22-11-13-24(14-12-22)32-25(19-20-34)15-16-30-29(32)18-17-28-27-10-6-5-9-26(27)21-31(33(28)30)23-7-3-2-4-8-23/h2-14,17-18,21,25,31H,15-16,19-20H2,1H3. The quantitative estimate of drug-likeness (QED) is 0.345. The van der Waals surface area contributed by atoms with E-state index < -0.39 is 0 Å². The predicted octanol–water partition coefficient (Wildman–Crippen LogP) is 6.33. The van der Waals surface area contributed by atoms with Gasteiger partial charge in [0.1, 0.15) is 0 Å². The second-order valence-corrected chi connectivity index (χ2v) is 9.69. The Morgan fingerprint density at radius 2 is 1.50 bits per heavy atom. The summed E-state index contributed by atoms with van der Waals surface area (Å²) in [5, 5.41) is 5.28. The molecular formula is C33H29F. The van der Waals surface area contributed by atoms with Crippen LogP contribution in [0.15, 0.2) is 91.0 Å². The lowest BCUT2D eigenvalue weighted by Crippen LogP contribution is -2.29. The van der Waals surface area contributed by atoms with Crippen molar-refractivity contribution in [1.82, 2.24) is 0 Å². The summed E-state index contributed by atoms with van der Waals surface area (Å²) in [5.74, 6) is 0.478. The third-order valence-corrected chi connectivity index (χ3v) is 7.69. The van der Waals surface area contributed by atoms with Crippen molar-refractivity contribution in [1.29, 1.82) is 0 Å². The Morgan fingerprint density at radius 1 is 0.765 bits per heavy atom. The van der Waals surface area contributed by atoms with E-state index in [1.807, 2.05) is 0 Å². The summed E-state index contributed by atoms with van der Waals surface area (Å²) >= 11 is 0. The first-order valence-electron chi connectivity index (χ1n) is 12.4. The summed E-state index contributed by atoms with van der Waals surface area (Å²) in [7, 11) is 0. The van der Waals surface area contributed by atoms with Crippen molar-refractivity contribution in [3.63, 3.8) is 0 Å². The van der Waals surface area contributed by atoms with Crippen LogP contribution in [0.5, 0.6) is 0 Å². The van der Waals surface area contributed by atoms with Gasteiger partial charge >= 0.3 is 0 Å². The molecule has 168 valence electrons. The summed E-state index contributed by atoms with van der Waals surface area (Å²) in [6.07, 6.45) is 5.03. The fourth-order valence-electron chi connectivity index (χ4n) is 6.08. The lowest BCUT2D eigenvalue weighted by atomic mass is 9.74. The fraction of sp³-hybridized carbons (Fsp3) is 0.212. The maximum absolute atomic E-state index is 13.6. The van der Waals surface area contributed by atoms with Crippen molar-refractivity contribution in [2.75, 3.05) is 6.67 Å². The van der Waals surface area contributed by atoms with E-state index in [1.165, 1.54) is 54.3 Å². The third-order valence-electron chi connectivity index (χ3n) is 7.69. The summed E-state index contributed by atoms with van der Waals surface area (Å²) in [5.41, 5.74) is 8.03. The topological polar surface area (TPSA) is 0 Å². The van der Waals surface area contributed by atoms with Gasteiger partial charge < -0.3 is 0 Å². The molecule has 6 rings (SSSR count). The number of halogens is 1. The van der Waals surface area contributed by atoms with E-state index in [0.717, 1.165) is 12.8 Å². The van der Waals surface area contributed by atoms with Crippen molar-refractivity contribution in [3.8, 4) is 0 Å². The van der Waals surface area contributed by atoms with Gasteiger partial charge in [-0.25, -0.2) is 0 Å². The summed E-state index contributed by atoms with van der Waals surface area (Å²) in [6, 6.07) is 33.1. The van der Waals surface area contributed by atoms with Crippen molar-refractivity contribution >= 4 is 11.6 Å².